The van der Waals surface area contributed by atoms with Crippen LogP contribution in [0.3, 0.4) is 0 Å². The van der Waals surface area contributed by atoms with Crippen molar-refractivity contribution < 1.29 is 4.74 Å². The molecule has 0 saturated carbocycles. The second kappa shape index (κ2) is 6.13. The van der Waals surface area contributed by atoms with Crippen molar-refractivity contribution in [3.63, 3.8) is 0 Å². The summed E-state index contributed by atoms with van der Waals surface area (Å²) >= 11 is 0. The number of fused-ring (bicyclic) bond motifs is 1. The van der Waals surface area contributed by atoms with Gasteiger partial charge < -0.3 is 4.74 Å². The minimum atomic E-state index is 0.813. The highest BCUT2D eigenvalue weighted by molar-refractivity contribution is 5.38. The SMILES string of the molecule is Cc1ccc(OCCCCc2ccc3c(c2)CC3)cc1. The van der Waals surface area contributed by atoms with Gasteiger partial charge in [-0.05, 0) is 67.9 Å². The molecule has 1 nitrogen and oxygen atoms in total. The molecule has 0 fully saturated rings. The zero-order chi connectivity index (χ0) is 13.8. The lowest BCUT2D eigenvalue weighted by atomic mass is 9.86. The summed E-state index contributed by atoms with van der Waals surface area (Å²) in [5.74, 6) is 0.983. The Bertz CT molecular complexity index is 569. The van der Waals surface area contributed by atoms with E-state index >= 15 is 0 Å². The van der Waals surface area contributed by atoms with Gasteiger partial charge in [-0.1, -0.05) is 35.9 Å². The molecule has 3 rings (SSSR count). The molecule has 20 heavy (non-hydrogen) atoms. The molecule has 0 saturated heterocycles. The first-order valence-electron chi connectivity index (χ1n) is 7.61. The van der Waals surface area contributed by atoms with Gasteiger partial charge in [0.1, 0.15) is 5.75 Å². The number of benzene rings is 2. The van der Waals surface area contributed by atoms with Crippen LogP contribution in [-0.4, -0.2) is 6.61 Å². The van der Waals surface area contributed by atoms with Gasteiger partial charge in [0.2, 0.25) is 0 Å². The molecule has 0 unspecified atom stereocenters. The molecule has 104 valence electrons. The number of hydrogen-bond donors (Lipinski definition) is 0. The van der Waals surface area contributed by atoms with Crippen LogP contribution in [0.5, 0.6) is 5.75 Å². The van der Waals surface area contributed by atoms with Crippen molar-refractivity contribution in [2.45, 2.75) is 39.0 Å². The Balaban J connectivity index is 1.37. The lowest BCUT2D eigenvalue weighted by Crippen LogP contribution is -2.08. The van der Waals surface area contributed by atoms with Gasteiger partial charge in [0.25, 0.3) is 0 Å². The molecule has 2 aromatic carbocycles. The maximum absolute atomic E-state index is 5.75. The standard InChI is InChI=1S/C19H22O/c1-15-5-11-19(12-6-15)20-13-3-2-4-16-7-8-17-9-10-18(17)14-16/h5-8,11-12,14H,2-4,9-10,13H2,1H3. The quantitative estimate of drug-likeness (QED) is 0.700. The maximum atomic E-state index is 5.75. The monoisotopic (exact) mass is 266 g/mol. The molecule has 0 aromatic heterocycles. The maximum Gasteiger partial charge on any atom is 0.119 e. The summed E-state index contributed by atoms with van der Waals surface area (Å²) in [6, 6.07) is 15.3. The van der Waals surface area contributed by atoms with E-state index in [1.54, 1.807) is 11.1 Å². The lowest BCUT2D eigenvalue weighted by Gasteiger charge is -2.19. The van der Waals surface area contributed by atoms with Gasteiger partial charge in [0.05, 0.1) is 6.61 Å². The normalized spacial score (nSPS) is 12.7. The number of ether oxygens (including phenoxy) is 1. The largest absolute Gasteiger partial charge is 0.494 e. The summed E-state index contributed by atoms with van der Waals surface area (Å²) in [4.78, 5) is 0. The first kappa shape index (κ1) is 13.2. The fourth-order valence-electron chi connectivity index (χ4n) is 2.66. The van der Waals surface area contributed by atoms with Crippen LogP contribution in [0.2, 0.25) is 0 Å². The summed E-state index contributed by atoms with van der Waals surface area (Å²) in [6.45, 7) is 2.91. The molecule has 0 bridgehead atoms. The van der Waals surface area contributed by atoms with Crippen molar-refractivity contribution in [3.05, 3.63) is 64.7 Å². The summed E-state index contributed by atoms with van der Waals surface area (Å²) < 4.78 is 5.75. The Kier molecular flexibility index (Phi) is 4.05. The molecule has 1 aliphatic carbocycles. The Morgan fingerprint density at radius 1 is 0.900 bits per heavy atom. The van der Waals surface area contributed by atoms with Gasteiger partial charge in [-0.25, -0.2) is 0 Å². The molecule has 2 aromatic rings. The number of hydrogen-bond acceptors (Lipinski definition) is 1. The third kappa shape index (κ3) is 3.22. The van der Waals surface area contributed by atoms with E-state index in [0.717, 1.165) is 18.8 Å². The second-order valence-corrected chi connectivity index (χ2v) is 5.72. The molecule has 0 heterocycles. The summed E-state index contributed by atoms with van der Waals surface area (Å²) in [5, 5.41) is 0. The first-order chi connectivity index (χ1) is 9.81. The zero-order valence-electron chi connectivity index (χ0n) is 12.2. The van der Waals surface area contributed by atoms with Crippen LogP contribution >= 0.6 is 0 Å². The van der Waals surface area contributed by atoms with E-state index in [0.29, 0.717) is 0 Å². The van der Waals surface area contributed by atoms with Crippen molar-refractivity contribution >= 4 is 0 Å². The van der Waals surface area contributed by atoms with Gasteiger partial charge in [0, 0.05) is 0 Å². The Labute approximate surface area is 121 Å². The molecule has 0 spiro atoms. The van der Waals surface area contributed by atoms with Crippen LogP contribution in [0.15, 0.2) is 42.5 Å². The summed E-state index contributed by atoms with van der Waals surface area (Å²) in [6.07, 6.45) is 6.04. The lowest BCUT2D eigenvalue weighted by molar-refractivity contribution is 0.307. The summed E-state index contributed by atoms with van der Waals surface area (Å²) in [7, 11) is 0. The van der Waals surface area contributed by atoms with Gasteiger partial charge in [0.15, 0.2) is 0 Å². The fourth-order valence-corrected chi connectivity index (χ4v) is 2.66. The van der Waals surface area contributed by atoms with E-state index in [9.17, 15) is 0 Å². The van der Waals surface area contributed by atoms with Gasteiger partial charge in [-0.15, -0.1) is 0 Å². The van der Waals surface area contributed by atoms with E-state index in [2.05, 4.69) is 37.3 Å². The van der Waals surface area contributed by atoms with E-state index in [-0.39, 0.29) is 0 Å². The van der Waals surface area contributed by atoms with Gasteiger partial charge in [-0.3, -0.25) is 0 Å². The molecule has 0 radical (unpaired) electrons. The topological polar surface area (TPSA) is 9.23 Å². The second-order valence-electron chi connectivity index (χ2n) is 5.72. The van der Waals surface area contributed by atoms with Crippen molar-refractivity contribution in [2.24, 2.45) is 0 Å². The van der Waals surface area contributed by atoms with Crippen LogP contribution in [0, 0.1) is 6.92 Å². The highest BCUT2D eigenvalue weighted by Crippen LogP contribution is 2.24. The predicted octanol–water partition coefficient (Wildman–Crippen LogP) is 4.50. The third-order valence-corrected chi connectivity index (χ3v) is 4.08. The van der Waals surface area contributed by atoms with Crippen molar-refractivity contribution in [3.8, 4) is 5.75 Å². The number of rotatable bonds is 6. The molecule has 0 amide bonds. The average Bonchev–Trinajstić information content (AvgIpc) is 2.43. The Morgan fingerprint density at radius 2 is 1.70 bits per heavy atom. The van der Waals surface area contributed by atoms with E-state index in [4.69, 9.17) is 4.74 Å². The van der Waals surface area contributed by atoms with Crippen molar-refractivity contribution in [2.75, 3.05) is 6.61 Å². The molecule has 0 atom stereocenters. The zero-order valence-corrected chi connectivity index (χ0v) is 12.2. The highest BCUT2D eigenvalue weighted by Gasteiger charge is 2.12. The highest BCUT2D eigenvalue weighted by atomic mass is 16.5. The van der Waals surface area contributed by atoms with E-state index < -0.39 is 0 Å². The summed E-state index contributed by atoms with van der Waals surface area (Å²) in [5.41, 5.74) is 5.88. The molecule has 1 heteroatoms. The smallest absolute Gasteiger partial charge is 0.119 e. The predicted molar refractivity (Wildman–Crippen MR) is 83.5 cm³/mol. The van der Waals surface area contributed by atoms with Gasteiger partial charge in [-0.2, -0.15) is 0 Å². The van der Waals surface area contributed by atoms with Gasteiger partial charge >= 0.3 is 0 Å². The Morgan fingerprint density at radius 3 is 2.40 bits per heavy atom. The molecular weight excluding hydrogens is 244 g/mol. The van der Waals surface area contributed by atoms with Crippen molar-refractivity contribution in [1.82, 2.24) is 0 Å². The van der Waals surface area contributed by atoms with E-state index in [1.807, 2.05) is 12.1 Å². The minimum absolute atomic E-state index is 0.813. The van der Waals surface area contributed by atoms with Crippen LogP contribution in [-0.2, 0) is 19.3 Å². The van der Waals surface area contributed by atoms with Crippen LogP contribution in [0.25, 0.3) is 0 Å². The number of unbranched alkanes of at least 4 members (excludes halogenated alkanes) is 1. The first-order valence-corrected chi connectivity index (χ1v) is 7.61. The molecule has 1 aliphatic rings. The van der Waals surface area contributed by atoms with Crippen molar-refractivity contribution in [1.29, 1.82) is 0 Å². The van der Waals surface area contributed by atoms with Crippen LogP contribution in [0.4, 0.5) is 0 Å². The fraction of sp³-hybridized carbons (Fsp3) is 0.368. The van der Waals surface area contributed by atoms with Crippen LogP contribution < -0.4 is 4.74 Å². The molecule has 0 aliphatic heterocycles. The molecular formula is C19H22O. The third-order valence-electron chi connectivity index (χ3n) is 4.08. The Hall–Kier alpha value is -1.76. The average molecular weight is 266 g/mol. The van der Waals surface area contributed by atoms with Crippen LogP contribution in [0.1, 0.15) is 35.1 Å². The number of aryl methyl sites for hydroxylation is 4. The molecule has 0 N–H and O–H groups in total. The van der Waals surface area contributed by atoms with E-state index in [1.165, 1.54) is 36.8 Å². The minimum Gasteiger partial charge on any atom is -0.494 e.